The summed E-state index contributed by atoms with van der Waals surface area (Å²) in [4.78, 5) is 39.1. The summed E-state index contributed by atoms with van der Waals surface area (Å²) in [5.41, 5.74) is 3.22. The molecule has 3 aromatic carbocycles. The number of nitrogens with one attached hydrogen (secondary N) is 1. The lowest BCUT2D eigenvalue weighted by atomic mass is 10.1. The van der Waals surface area contributed by atoms with Crippen LogP contribution < -0.4 is 14.8 Å². The fourth-order valence-electron chi connectivity index (χ4n) is 3.60. The van der Waals surface area contributed by atoms with Gasteiger partial charge in [0.2, 0.25) is 5.91 Å². The number of ether oxygens (including phenoxy) is 2. The number of hydrogen-bond donors (Lipinski definition) is 1. The molecule has 0 aliphatic carbocycles. The number of para-hydroxylation sites is 1. The number of hydrogen-bond acceptors (Lipinski definition) is 6. The molecule has 1 aliphatic rings. The first-order valence-electron chi connectivity index (χ1n) is 11.7. The van der Waals surface area contributed by atoms with Gasteiger partial charge in [-0.2, -0.15) is 0 Å². The van der Waals surface area contributed by atoms with Crippen LogP contribution in [0.4, 0.5) is 10.5 Å². The van der Waals surface area contributed by atoms with Gasteiger partial charge in [-0.05, 0) is 83.0 Å². The van der Waals surface area contributed by atoms with Crippen LogP contribution >= 0.6 is 39.3 Å². The Balaban J connectivity index is 1.49. The van der Waals surface area contributed by atoms with Gasteiger partial charge in [0.25, 0.3) is 11.1 Å². The zero-order chi connectivity index (χ0) is 27.2. The molecule has 0 saturated carbocycles. The summed E-state index contributed by atoms with van der Waals surface area (Å²) in [6.07, 6.45) is 1.59. The number of aryl methyl sites for hydroxylation is 1. The fourth-order valence-corrected chi connectivity index (χ4v) is 5.19. The zero-order valence-corrected chi connectivity index (χ0v) is 23.8. The first-order chi connectivity index (χ1) is 18.2. The first-order valence-corrected chi connectivity index (χ1v) is 13.7. The number of anilines is 1. The van der Waals surface area contributed by atoms with Crippen molar-refractivity contribution in [3.05, 3.63) is 91.8 Å². The van der Waals surface area contributed by atoms with Crippen molar-refractivity contribution in [1.29, 1.82) is 0 Å². The van der Waals surface area contributed by atoms with E-state index in [0.29, 0.717) is 45.5 Å². The zero-order valence-electron chi connectivity index (χ0n) is 20.6. The molecule has 1 N–H and O–H groups in total. The second-order valence-electron chi connectivity index (χ2n) is 8.33. The standard InChI is InChI=1S/C28H24BrClN2O5S/c1-3-36-23-13-19(12-20(29)26(23)37-16-18-10-8-17(2)9-11-18)14-24-27(34)32(28(35)38-24)15-25(33)31-22-7-5-4-6-21(22)30/h4-14H,3,15-16H2,1-2H3,(H,31,33)/b24-14+. The summed E-state index contributed by atoms with van der Waals surface area (Å²) in [5.74, 6) is -0.0475. The SMILES string of the molecule is CCOc1cc(/C=C2/SC(=O)N(CC(=O)Nc3ccccc3Cl)C2=O)cc(Br)c1OCc1ccc(C)cc1. The molecule has 196 valence electrons. The van der Waals surface area contributed by atoms with Gasteiger partial charge in [-0.1, -0.05) is 53.6 Å². The molecule has 0 aromatic heterocycles. The molecule has 38 heavy (non-hydrogen) atoms. The van der Waals surface area contributed by atoms with Gasteiger partial charge in [0, 0.05) is 0 Å². The van der Waals surface area contributed by atoms with Crippen LogP contribution in [0.1, 0.15) is 23.6 Å². The molecule has 0 radical (unpaired) electrons. The van der Waals surface area contributed by atoms with Gasteiger partial charge in [0.15, 0.2) is 11.5 Å². The Morgan fingerprint density at radius 1 is 1.11 bits per heavy atom. The Morgan fingerprint density at radius 2 is 1.84 bits per heavy atom. The minimum Gasteiger partial charge on any atom is -0.490 e. The molecule has 3 amide bonds. The van der Waals surface area contributed by atoms with E-state index in [1.54, 1.807) is 42.5 Å². The van der Waals surface area contributed by atoms with Crippen molar-refractivity contribution < 1.29 is 23.9 Å². The topological polar surface area (TPSA) is 84.9 Å². The smallest absolute Gasteiger partial charge is 0.294 e. The Hall–Kier alpha value is -3.27. The summed E-state index contributed by atoms with van der Waals surface area (Å²) in [5, 5.41) is 2.45. The van der Waals surface area contributed by atoms with Crippen LogP contribution in [0.15, 0.2) is 70.0 Å². The van der Waals surface area contributed by atoms with E-state index in [1.807, 2.05) is 38.1 Å². The predicted octanol–water partition coefficient (Wildman–Crippen LogP) is 7.06. The van der Waals surface area contributed by atoms with E-state index in [9.17, 15) is 14.4 Å². The maximum absolute atomic E-state index is 13.0. The van der Waals surface area contributed by atoms with Crippen LogP contribution in [0.5, 0.6) is 11.5 Å². The van der Waals surface area contributed by atoms with E-state index in [0.717, 1.165) is 22.2 Å². The van der Waals surface area contributed by atoms with Gasteiger partial charge < -0.3 is 14.8 Å². The van der Waals surface area contributed by atoms with E-state index in [1.165, 1.54) is 5.56 Å². The number of rotatable bonds is 9. The Labute approximate surface area is 238 Å². The van der Waals surface area contributed by atoms with Gasteiger partial charge in [-0.25, -0.2) is 0 Å². The van der Waals surface area contributed by atoms with Crippen LogP contribution in [-0.2, 0) is 16.2 Å². The van der Waals surface area contributed by atoms with Crippen molar-refractivity contribution in [2.45, 2.75) is 20.5 Å². The summed E-state index contributed by atoms with van der Waals surface area (Å²) in [6, 6.07) is 18.3. The molecule has 1 saturated heterocycles. The molecule has 0 spiro atoms. The molecule has 1 fully saturated rings. The van der Waals surface area contributed by atoms with Crippen LogP contribution in [0.25, 0.3) is 6.08 Å². The monoisotopic (exact) mass is 614 g/mol. The number of thioether (sulfide) groups is 1. The third-order valence-electron chi connectivity index (χ3n) is 5.46. The van der Waals surface area contributed by atoms with Crippen LogP contribution in [0.3, 0.4) is 0 Å². The average molecular weight is 616 g/mol. The number of carbonyl (C=O) groups is 3. The Morgan fingerprint density at radius 3 is 2.55 bits per heavy atom. The lowest BCUT2D eigenvalue weighted by molar-refractivity contribution is -0.127. The number of benzene rings is 3. The maximum atomic E-state index is 13.0. The van der Waals surface area contributed by atoms with Gasteiger partial charge in [0.1, 0.15) is 13.2 Å². The molecule has 10 heteroatoms. The average Bonchev–Trinajstić information content (AvgIpc) is 3.13. The molecular weight excluding hydrogens is 592 g/mol. The Kier molecular flexibility index (Phi) is 9.14. The van der Waals surface area contributed by atoms with E-state index >= 15 is 0 Å². The van der Waals surface area contributed by atoms with Crippen LogP contribution in [-0.4, -0.2) is 35.1 Å². The van der Waals surface area contributed by atoms with E-state index in [4.69, 9.17) is 21.1 Å². The normalized spacial score (nSPS) is 14.2. The summed E-state index contributed by atoms with van der Waals surface area (Å²) >= 11 is 10.4. The third kappa shape index (κ3) is 6.78. The largest absolute Gasteiger partial charge is 0.490 e. The highest BCUT2D eigenvalue weighted by atomic mass is 79.9. The minimum absolute atomic E-state index is 0.197. The van der Waals surface area contributed by atoms with Gasteiger partial charge in [0.05, 0.1) is 26.7 Å². The number of amides is 3. The summed E-state index contributed by atoms with van der Waals surface area (Å²) in [7, 11) is 0. The van der Waals surface area contributed by atoms with Gasteiger partial charge >= 0.3 is 0 Å². The van der Waals surface area contributed by atoms with Gasteiger partial charge in [-0.3, -0.25) is 19.3 Å². The molecule has 3 aromatic rings. The lowest BCUT2D eigenvalue weighted by Gasteiger charge is -2.15. The fraction of sp³-hybridized carbons (Fsp3) is 0.179. The minimum atomic E-state index is -0.553. The molecular formula is C28H24BrClN2O5S. The molecule has 7 nitrogen and oxygen atoms in total. The van der Waals surface area contributed by atoms with Crippen molar-refractivity contribution in [3.8, 4) is 11.5 Å². The molecule has 0 bridgehead atoms. The maximum Gasteiger partial charge on any atom is 0.294 e. The second-order valence-corrected chi connectivity index (χ2v) is 10.6. The van der Waals surface area contributed by atoms with E-state index in [-0.39, 0.29) is 4.91 Å². The summed E-state index contributed by atoms with van der Waals surface area (Å²) in [6.45, 7) is 4.23. The highest BCUT2D eigenvalue weighted by Gasteiger charge is 2.36. The van der Waals surface area contributed by atoms with Crippen molar-refractivity contribution in [2.75, 3.05) is 18.5 Å². The Bertz CT molecular complexity index is 1410. The summed E-state index contributed by atoms with van der Waals surface area (Å²) < 4.78 is 12.5. The van der Waals surface area contributed by atoms with Gasteiger partial charge in [-0.15, -0.1) is 0 Å². The van der Waals surface area contributed by atoms with Crippen molar-refractivity contribution in [3.63, 3.8) is 0 Å². The number of carbonyl (C=O) groups excluding carboxylic acids is 3. The van der Waals surface area contributed by atoms with E-state index in [2.05, 4.69) is 21.2 Å². The molecule has 4 rings (SSSR count). The van der Waals surface area contributed by atoms with Crippen molar-refractivity contribution in [1.82, 2.24) is 4.90 Å². The quantitative estimate of drug-likeness (QED) is 0.259. The number of nitrogens with zero attached hydrogens (tertiary/aromatic N) is 1. The highest BCUT2D eigenvalue weighted by molar-refractivity contribution is 9.10. The lowest BCUT2D eigenvalue weighted by Crippen LogP contribution is -2.36. The van der Waals surface area contributed by atoms with Crippen molar-refractivity contribution in [2.24, 2.45) is 0 Å². The van der Waals surface area contributed by atoms with Crippen LogP contribution in [0, 0.1) is 6.92 Å². The van der Waals surface area contributed by atoms with Crippen LogP contribution in [0.2, 0.25) is 5.02 Å². The molecule has 1 aliphatic heterocycles. The first kappa shape index (κ1) is 27.8. The highest BCUT2D eigenvalue weighted by Crippen LogP contribution is 2.39. The number of imide groups is 1. The predicted molar refractivity (Wildman–Crippen MR) is 154 cm³/mol. The molecule has 1 heterocycles. The number of halogens is 2. The third-order valence-corrected chi connectivity index (χ3v) is 7.28. The molecule has 0 unspecified atom stereocenters. The second kappa shape index (κ2) is 12.5. The van der Waals surface area contributed by atoms with E-state index < -0.39 is 23.6 Å². The molecule has 0 atom stereocenters. The van der Waals surface area contributed by atoms with Crippen molar-refractivity contribution >= 4 is 68.1 Å².